The molecule has 11 heteroatoms. The van der Waals surface area contributed by atoms with Crippen LogP contribution in [0.4, 0.5) is 13.2 Å². The second-order valence-corrected chi connectivity index (χ2v) is 3.78. The average molecular weight is 306 g/mol. The summed E-state index contributed by atoms with van der Waals surface area (Å²) in [7, 11) is 1.56. The monoisotopic (exact) mass is 306 g/mol. The van der Waals surface area contributed by atoms with Crippen LogP contribution in [0.25, 0.3) is 0 Å². The number of hydrogen-bond donors (Lipinski definition) is 4. The lowest BCUT2D eigenvalue weighted by molar-refractivity contribution is -0.192. The Labute approximate surface area is 110 Å². The fraction of sp³-hybridized carbons (Fsp3) is 0.625. The van der Waals surface area contributed by atoms with Crippen LogP contribution in [0.5, 0.6) is 0 Å². The number of aliphatic carboxylic acids is 2. The highest BCUT2D eigenvalue weighted by molar-refractivity contribution is 7.98. The molecule has 0 saturated heterocycles. The van der Waals surface area contributed by atoms with Crippen LogP contribution in [0.3, 0.4) is 0 Å². The Kier molecular flexibility index (Phi) is 9.86. The number of rotatable bonds is 5. The van der Waals surface area contributed by atoms with Crippen LogP contribution in [0.1, 0.15) is 6.92 Å². The molecule has 0 spiro atoms. The lowest BCUT2D eigenvalue weighted by Crippen LogP contribution is -2.37. The molecule has 0 rings (SSSR count). The summed E-state index contributed by atoms with van der Waals surface area (Å²) < 4.78 is 34.2. The van der Waals surface area contributed by atoms with Crippen LogP contribution in [0, 0.1) is 0 Å². The van der Waals surface area contributed by atoms with Crippen LogP contribution in [0.2, 0.25) is 0 Å². The van der Waals surface area contributed by atoms with Gasteiger partial charge in [0.15, 0.2) is 0 Å². The summed E-state index contributed by atoms with van der Waals surface area (Å²) in [6.45, 7) is 1.38. The van der Waals surface area contributed by atoms with Crippen molar-refractivity contribution in [2.24, 2.45) is 0 Å². The molecule has 0 aromatic rings. The average Bonchev–Trinajstić information content (AvgIpc) is 2.23. The summed E-state index contributed by atoms with van der Waals surface area (Å²) >= 11 is 1.08. The van der Waals surface area contributed by atoms with Gasteiger partial charge in [-0.15, -0.1) is 0 Å². The maximum atomic E-state index is 10.6. The minimum absolute atomic E-state index is 0.180. The first-order valence-electron chi connectivity index (χ1n) is 4.60. The van der Waals surface area contributed by atoms with Crippen molar-refractivity contribution >= 4 is 29.8 Å². The molecule has 0 aliphatic carbocycles. The molecular formula is C8H13F3N2O5S. The summed E-state index contributed by atoms with van der Waals surface area (Å²) in [4.78, 5) is 29.7. The molecular weight excluding hydrogens is 293 g/mol. The molecule has 0 aliphatic heterocycles. The van der Waals surface area contributed by atoms with Crippen LogP contribution < -0.4 is 10.0 Å². The zero-order valence-corrected chi connectivity index (χ0v) is 10.8. The number of carbonyl (C=O) groups excluding carboxylic acids is 1. The Morgan fingerprint density at radius 3 is 1.89 bits per heavy atom. The fourth-order valence-electron chi connectivity index (χ4n) is 0.505. The molecule has 0 heterocycles. The van der Waals surface area contributed by atoms with Gasteiger partial charge in [0, 0.05) is 12.7 Å². The van der Waals surface area contributed by atoms with Gasteiger partial charge in [-0.2, -0.15) is 13.2 Å². The second kappa shape index (κ2) is 9.44. The normalized spacial score (nSPS) is 11.8. The largest absolute Gasteiger partial charge is 0.490 e. The maximum Gasteiger partial charge on any atom is 0.490 e. The van der Waals surface area contributed by atoms with E-state index in [9.17, 15) is 22.8 Å². The Bertz CT molecular complexity index is 324. The van der Waals surface area contributed by atoms with E-state index in [1.807, 2.05) is 0 Å². The van der Waals surface area contributed by atoms with Crippen molar-refractivity contribution in [2.45, 2.75) is 19.1 Å². The van der Waals surface area contributed by atoms with Gasteiger partial charge in [-0.3, -0.25) is 9.59 Å². The van der Waals surface area contributed by atoms with Crippen LogP contribution in [-0.2, 0) is 14.4 Å². The van der Waals surface area contributed by atoms with Gasteiger partial charge >= 0.3 is 18.1 Å². The van der Waals surface area contributed by atoms with Crippen molar-refractivity contribution in [1.29, 1.82) is 0 Å². The van der Waals surface area contributed by atoms with Crippen molar-refractivity contribution in [3.8, 4) is 0 Å². The second-order valence-electron chi connectivity index (χ2n) is 2.95. The van der Waals surface area contributed by atoms with Gasteiger partial charge in [-0.25, -0.2) is 4.79 Å². The molecule has 1 amide bonds. The summed E-state index contributed by atoms with van der Waals surface area (Å²) in [6, 6.07) is -0.623. The topological polar surface area (TPSA) is 116 Å². The van der Waals surface area contributed by atoms with E-state index < -0.39 is 24.2 Å². The van der Waals surface area contributed by atoms with Crippen molar-refractivity contribution < 1.29 is 37.8 Å². The van der Waals surface area contributed by atoms with E-state index in [0.717, 1.165) is 11.9 Å². The van der Waals surface area contributed by atoms with Crippen molar-refractivity contribution in [3.05, 3.63) is 0 Å². The third kappa shape index (κ3) is 12.8. The van der Waals surface area contributed by atoms with E-state index in [1.54, 1.807) is 7.05 Å². The van der Waals surface area contributed by atoms with Crippen LogP contribution in [0.15, 0.2) is 0 Å². The lowest BCUT2D eigenvalue weighted by atomic mass is 10.3. The molecule has 19 heavy (non-hydrogen) atoms. The Balaban J connectivity index is 0. The molecule has 0 bridgehead atoms. The number of carboxylic acid groups (broad SMARTS) is 2. The van der Waals surface area contributed by atoms with Gasteiger partial charge in [-0.05, 0) is 19.0 Å². The number of alkyl halides is 3. The molecule has 1 atom stereocenters. The van der Waals surface area contributed by atoms with E-state index in [0.29, 0.717) is 5.75 Å². The van der Waals surface area contributed by atoms with Gasteiger partial charge in [0.2, 0.25) is 5.91 Å². The Morgan fingerprint density at radius 2 is 1.68 bits per heavy atom. The third-order valence-corrected chi connectivity index (χ3v) is 2.29. The zero-order chi connectivity index (χ0) is 15.6. The molecule has 112 valence electrons. The summed E-state index contributed by atoms with van der Waals surface area (Å²) in [5.74, 6) is -3.55. The number of hydrogen-bond acceptors (Lipinski definition) is 5. The highest BCUT2D eigenvalue weighted by Crippen LogP contribution is 2.13. The zero-order valence-electron chi connectivity index (χ0n) is 9.95. The number of amides is 1. The minimum atomic E-state index is -5.08. The van der Waals surface area contributed by atoms with Crippen molar-refractivity contribution in [3.63, 3.8) is 0 Å². The summed E-state index contributed by atoms with van der Waals surface area (Å²) in [5, 5.41) is 18.3. The van der Waals surface area contributed by atoms with Gasteiger partial charge in [-0.1, -0.05) is 0 Å². The molecule has 0 unspecified atom stereocenters. The minimum Gasteiger partial charge on any atom is -0.480 e. The lowest BCUT2D eigenvalue weighted by Gasteiger charge is -2.09. The third-order valence-electron chi connectivity index (χ3n) is 1.35. The molecule has 0 radical (unpaired) electrons. The molecule has 0 aromatic heterocycles. The maximum absolute atomic E-state index is 10.6. The molecule has 0 aliphatic rings. The highest BCUT2D eigenvalue weighted by Gasteiger charge is 2.38. The first kappa shape index (κ1) is 19.8. The Morgan fingerprint density at radius 1 is 1.26 bits per heavy atom. The van der Waals surface area contributed by atoms with Gasteiger partial charge in [0.25, 0.3) is 0 Å². The fourth-order valence-corrected chi connectivity index (χ4v) is 1.27. The Hall–Kier alpha value is -1.49. The molecule has 7 nitrogen and oxygen atoms in total. The standard InChI is InChI=1S/C6H12N2O3S.C2HF3O2/c1-4(9)8-12-3-5(7-2)6(10)11;3-2(4,5)1(6)7/h5,7H,3H2,1-2H3,(H,8,9)(H,10,11);(H,6,7)/t5-;/m0./s1. The predicted octanol–water partition coefficient (Wildman–Crippen LogP) is 0.0766. The molecule has 4 N–H and O–H groups in total. The van der Waals surface area contributed by atoms with E-state index in [2.05, 4.69) is 10.0 Å². The smallest absolute Gasteiger partial charge is 0.480 e. The van der Waals surface area contributed by atoms with E-state index in [4.69, 9.17) is 15.0 Å². The van der Waals surface area contributed by atoms with Crippen LogP contribution in [-0.4, -0.2) is 53.1 Å². The highest BCUT2D eigenvalue weighted by atomic mass is 32.2. The van der Waals surface area contributed by atoms with Crippen molar-refractivity contribution in [2.75, 3.05) is 12.8 Å². The number of carbonyl (C=O) groups is 3. The van der Waals surface area contributed by atoms with E-state index in [1.165, 1.54) is 6.92 Å². The number of nitrogens with one attached hydrogen (secondary N) is 2. The first-order valence-corrected chi connectivity index (χ1v) is 5.59. The quantitative estimate of drug-likeness (QED) is 0.531. The summed E-state index contributed by atoms with van der Waals surface area (Å²) in [6.07, 6.45) is -5.08. The van der Waals surface area contributed by atoms with Crippen LogP contribution >= 0.6 is 11.9 Å². The molecule has 0 aromatic carbocycles. The SMILES string of the molecule is CN[C@@H](CSNC(C)=O)C(=O)O.O=C(O)C(F)(F)F. The number of likely N-dealkylation sites (N-methyl/N-ethyl adjacent to an activating group) is 1. The predicted molar refractivity (Wildman–Crippen MR) is 60.4 cm³/mol. The molecule has 0 fully saturated rings. The number of halogens is 3. The van der Waals surface area contributed by atoms with Crippen molar-refractivity contribution in [1.82, 2.24) is 10.0 Å². The van der Waals surface area contributed by atoms with Gasteiger partial charge < -0.3 is 20.3 Å². The summed E-state index contributed by atoms with van der Waals surface area (Å²) in [5.41, 5.74) is 0. The first-order chi connectivity index (χ1) is 8.52. The number of carboxylic acids is 2. The van der Waals surface area contributed by atoms with Gasteiger partial charge in [0.1, 0.15) is 6.04 Å². The van der Waals surface area contributed by atoms with E-state index >= 15 is 0 Å². The van der Waals surface area contributed by atoms with E-state index in [-0.39, 0.29) is 5.91 Å². The molecule has 0 saturated carbocycles. The van der Waals surface area contributed by atoms with Gasteiger partial charge in [0.05, 0.1) is 0 Å².